The van der Waals surface area contributed by atoms with Crippen LogP contribution in [-0.2, 0) is 9.59 Å². The summed E-state index contributed by atoms with van der Waals surface area (Å²) in [5.41, 5.74) is 6.60. The Morgan fingerprint density at radius 1 is 1.18 bits per heavy atom. The van der Waals surface area contributed by atoms with Gasteiger partial charge in [-0.2, -0.15) is 0 Å². The van der Waals surface area contributed by atoms with Crippen LogP contribution in [0.15, 0.2) is 24.3 Å². The van der Waals surface area contributed by atoms with E-state index in [-0.39, 0.29) is 18.2 Å². The van der Waals surface area contributed by atoms with Crippen molar-refractivity contribution in [1.82, 2.24) is 0 Å². The molecule has 5 nitrogen and oxygen atoms in total. The van der Waals surface area contributed by atoms with E-state index in [1.807, 2.05) is 0 Å². The molecule has 0 aliphatic carbocycles. The first-order chi connectivity index (χ1) is 8.15. The molecule has 0 fully saturated rings. The number of nitrogens with two attached hydrogens (primary N) is 1. The van der Waals surface area contributed by atoms with Gasteiger partial charge < -0.3 is 16.4 Å². The zero-order valence-corrected chi connectivity index (χ0v) is 9.82. The van der Waals surface area contributed by atoms with Gasteiger partial charge in [0.2, 0.25) is 11.8 Å². The first-order valence-electron chi connectivity index (χ1n) is 5.55. The molecule has 0 radical (unpaired) electrons. The Kier molecular flexibility index (Phi) is 5.16. The van der Waals surface area contributed by atoms with Crippen molar-refractivity contribution in [2.24, 2.45) is 5.73 Å². The number of carbonyl (C=O) groups is 2. The molecule has 0 spiro atoms. The Bertz CT molecular complexity index is 404. The van der Waals surface area contributed by atoms with E-state index in [9.17, 15) is 9.59 Å². The third kappa shape index (κ3) is 4.65. The number of rotatable bonds is 5. The van der Waals surface area contributed by atoms with Crippen LogP contribution in [0.25, 0.3) is 0 Å². The van der Waals surface area contributed by atoms with Crippen LogP contribution >= 0.6 is 0 Å². The highest BCUT2D eigenvalue weighted by molar-refractivity contribution is 5.93. The maximum absolute atomic E-state index is 11.3. The molecule has 1 aromatic carbocycles. The van der Waals surface area contributed by atoms with Crippen molar-refractivity contribution in [1.29, 1.82) is 0 Å². The Morgan fingerprint density at radius 2 is 1.76 bits per heavy atom. The number of benzene rings is 1. The molecular weight excluding hydrogens is 218 g/mol. The fourth-order valence-corrected chi connectivity index (χ4v) is 1.28. The molecule has 0 aliphatic rings. The van der Waals surface area contributed by atoms with Gasteiger partial charge in [0, 0.05) is 30.8 Å². The van der Waals surface area contributed by atoms with E-state index in [4.69, 9.17) is 5.73 Å². The highest BCUT2D eigenvalue weighted by atomic mass is 16.2. The normalized spacial score (nSPS) is 9.76. The van der Waals surface area contributed by atoms with Gasteiger partial charge in [-0.1, -0.05) is 13.0 Å². The van der Waals surface area contributed by atoms with Gasteiger partial charge in [0.1, 0.15) is 0 Å². The van der Waals surface area contributed by atoms with E-state index in [0.717, 1.165) is 0 Å². The monoisotopic (exact) mass is 235 g/mol. The lowest BCUT2D eigenvalue weighted by atomic mass is 10.2. The maximum Gasteiger partial charge on any atom is 0.225 e. The van der Waals surface area contributed by atoms with Crippen LogP contribution in [0.5, 0.6) is 0 Å². The van der Waals surface area contributed by atoms with Crippen molar-refractivity contribution in [2.45, 2.75) is 19.8 Å². The number of hydrogen-bond acceptors (Lipinski definition) is 3. The topological polar surface area (TPSA) is 84.2 Å². The Hall–Kier alpha value is -1.88. The van der Waals surface area contributed by atoms with Crippen molar-refractivity contribution in [3.63, 3.8) is 0 Å². The van der Waals surface area contributed by atoms with Gasteiger partial charge in [0.05, 0.1) is 0 Å². The number of anilines is 2. The van der Waals surface area contributed by atoms with Crippen LogP contribution in [0.1, 0.15) is 19.8 Å². The fourth-order valence-electron chi connectivity index (χ4n) is 1.28. The summed E-state index contributed by atoms with van der Waals surface area (Å²) in [5.74, 6) is -0.193. The highest BCUT2D eigenvalue weighted by Gasteiger charge is 2.03. The Morgan fingerprint density at radius 3 is 2.29 bits per heavy atom. The maximum atomic E-state index is 11.3. The van der Waals surface area contributed by atoms with Crippen molar-refractivity contribution in [3.05, 3.63) is 24.3 Å². The fraction of sp³-hybridized carbons (Fsp3) is 0.333. The summed E-state index contributed by atoms with van der Waals surface area (Å²) in [5, 5.41) is 5.43. The minimum atomic E-state index is -0.133. The molecule has 17 heavy (non-hydrogen) atoms. The minimum Gasteiger partial charge on any atom is -0.330 e. The SMILES string of the molecule is CCC(=O)Nc1cccc(NC(=O)CCN)c1. The van der Waals surface area contributed by atoms with E-state index >= 15 is 0 Å². The second-order valence-corrected chi connectivity index (χ2v) is 3.57. The quantitative estimate of drug-likeness (QED) is 0.719. The molecule has 1 rings (SSSR count). The molecule has 0 heterocycles. The van der Waals surface area contributed by atoms with Crippen LogP contribution in [0, 0.1) is 0 Å². The summed E-state index contributed by atoms with van der Waals surface area (Å²) in [6, 6.07) is 7.01. The lowest BCUT2D eigenvalue weighted by Gasteiger charge is -2.07. The molecule has 0 saturated heterocycles. The van der Waals surface area contributed by atoms with E-state index in [2.05, 4.69) is 10.6 Å². The van der Waals surface area contributed by atoms with Gasteiger partial charge in [0.15, 0.2) is 0 Å². The van der Waals surface area contributed by atoms with Crippen LogP contribution in [-0.4, -0.2) is 18.4 Å². The Balaban J connectivity index is 2.65. The first kappa shape index (κ1) is 13.2. The summed E-state index contributed by atoms with van der Waals surface area (Å²) >= 11 is 0. The van der Waals surface area contributed by atoms with Crippen LogP contribution in [0.3, 0.4) is 0 Å². The number of hydrogen-bond donors (Lipinski definition) is 3. The van der Waals surface area contributed by atoms with Gasteiger partial charge in [-0.15, -0.1) is 0 Å². The largest absolute Gasteiger partial charge is 0.330 e. The Labute approximate surface area is 100 Å². The zero-order valence-electron chi connectivity index (χ0n) is 9.82. The molecule has 1 aromatic rings. The highest BCUT2D eigenvalue weighted by Crippen LogP contribution is 2.15. The van der Waals surface area contributed by atoms with Gasteiger partial charge in [0.25, 0.3) is 0 Å². The standard InChI is InChI=1S/C12H17N3O2/c1-2-11(16)14-9-4-3-5-10(8-9)15-12(17)6-7-13/h3-5,8H,2,6-7,13H2,1H3,(H,14,16)(H,15,17). The number of nitrogens with one attached hydrogen (secondary N) is 2. The predicted molar refractivity (Wildman–Crippen MR) is 67.7 cm³/mol. The van der Waals surface area contributed by atoms with E-state index in [1.54, 1.807) is 31.2 Å². The van der Waals surface area contributed by atoms with Gasteiger partial charge in [-0.25, -0.2) is 0 Å². The second kappa shape index (κ2) is 6.65. The van der Waals surface area contributed by atoms with Gasteiger partial charge in [-0.05, 0) is 18.2 Å². The van der Waals surface area contributed by atoms with E-state index in [1.165, 1.54) is 0 Å². The van der Waals surface area contributed by atoms with E-state index < -0.39 is 0 Å². The predicted octanol–water partition coefficient (Wildman–Crippen LogP) is 1.32. The van der Waals surface area contributed by atoms with Gasteiger partial charge in [-0.3, -0.25) is 9.59 Å². The lowest BCUT2D eigenvalue weighted by Crippen LogP contribution is -2.16. The first-order valence-corrected chi connectivity index (χ1v) is 5.55. The minimum absolute atomic E-state index is 0.0598. The summed E-state index contributed by atoms with van der Waals surface area (Å²) in [7, 11) is 0. The van der Waals surface area contributed by atoms with Crippen LogP contribution < -0.4 is 16.4 Å². The lowest BCUT2D eigenvalue weighted by molar-refractivity contribution is -0.116. The second-order valence-electron chi connectivity index (χ2n) is 3.57. The van der Waals surface area contributed by atoms with Crippen molar-refractivity contribution in [3.8, 4) is 0 Å². The molecule has 0 saturated carbocycles. The molecule has 4 N–H and O–H groups in total. The summed E-state index contributed by atoms with van der Waals surface area (Å²) < 4.78 is 0. The van der Waals surface area contributed by atoms with Crippen LogP contribution in [0.4, 0.5) is 11.4 Å². The molecule has 2 amide bonds. The van der Waals surface area contributed by atoms with Crippen molar-refractivity contribution < 1.29 is 9.59 Å². The molecule has 0 unspecified atom stereocenters. The third-order valence-corrected chi connectivity index (χ3v) is 2.12. The molecule has 0 aliphatic heterocycles. The molecule has 0 bridgehead atoms. The van der Waals surface area contributed by atoms with Gasteiger partial charge >= 0.3 is 0 Å². The molecule has 5 heteroatoms. The zero-order chi connectivity index (χ0) is 12.7. The summed E-state index contributed by atoms with van der Waals surface area (Å²) in [6.07, 6.45) is 0.704. The molecular formula is C12H17N3O2. The summed E-state index contributed by atoms with van der Waals surface area (Å²) in [4.78, 5) is 22.5. The van der Waals surface area contributed by atoms with E-state index in [0.29, 0.717) is 24.3 Å². The average molecular weight is 235 g/mol. The smallest absolute Gasteiger partial charge is 0.225 e. The van der Waals surface area contributed by atoms with Crippen molar-refractivity contribution in [2.75, 3.05) is 17.2 Å². The third-order valence-electron chi connectivity index (χ3n) is 2.12. The van der Waals surface area contributed by atoms with Crippen molar-refractivity contribution >= 4 is 23.2 Å². The van der Waals surface area contributed by atoms with Crippen LogP contribution in [0.2, 0.25) is 0 Å². The molecule has 0 atom stereocenters. The summed E-state index contributed by atoms with van der Waals surface area (Å²) in [6.45, 7) is 2.10. The number of amides is 2. The molecule has 92 valence electrons. The average Bonchev–Trinajstić information content (AvgIpc) is 2.29. The molecule has 0 aromatic heterocycles. The number of carbonyl (C=O) groups excluding carboxylic acids is 2.